The molecule has 0 aromatic heterocycles. The molecule has 1 rings (SSSR count). The zero-order chi connectivity index (χ0) is 12.8. The van der Waals surface area contributed by atoms with E-state index in [1.165, 1.54) is 11.1 Å². The van der Waals surface area contributed by atoms with Crippen LogP contribution in [0.4, 0.5) is 0 Å². The minimum Gasteiger partial charge on any atom is -0.314 e. The average molecular weight is 233 g/mol. The highest BCUT2D eigenvalue weighted by molar-refractivity contribution is 5.81. The van der Waals surface area contributed by atoms with Crippen LogP contribution in [0.1, 0.15) is 37.0 Å². The fourth-order valence-electron chi connectivity index (χ4n) is 1.99. The Bertz CT molecular complexity index is 362. The van der Waals surface area contributed by atoms with Crippen molar-refractivity contribution in [1.82, 2.24) is 5.32 Å². The average Bonchev–Trinajstić information content (AvgIpc) is 2.14. The molecule has 0 spiro atoms. The Morgan fingerprint density at radius 3 is 2.29 bits per heavy atom. The summed E-state index contributed by atoms with van der Waals surface area (Å²) in [5, 5.41) is 3.26. The molecule has 2 heteroatoms. The largest absolute Gasteiger partial charge is 0.314 e. The quantitative estimate of drug-likeness (QED) is 0.818. The lowest BCUT2D eigenvalue weighted by molar-refractivity contribution is -0.118. The van der Waals surface area contributed by atoms with Crippen LogP contribution in [0.5, 0.6) is 0 Å². The van der Waals surface area contributed by atoms with Gasteiger partial charge in [0, 0.05) is 25.4 Å². The van der Waals surface area contributed by atoms with Crippen molar-refractivity contribution in [3.8, 4) is 0 Å². The highest BCUT2D eigenvalue weighted by atomic mass is 16.1. The van der Waals surface area contributed by atoms with Crippen LogP contribution >= 0.6 is 0 Å². The summed E-state index contributed by atoms with van der Waals surface area (Å²) >= 11 is 0. The Balaban J connectivity index is 2.45. The van der Waals surface area contributed by atoms with E-state index in [1.54, 1.807) is 0 Å². The van der Waals surface area contributed by atoms with Gasteiger partial charge >= 0.3 is 0 Å². The lowest BCUT2D eigenvalue weighted by Crippen LogP contribution is -2.25. The van der Waals surface area contributed by atoms with Gasteiger partial charge in [-0.2, -0.15) is 0 Å². The summed E-state index contributed by atoms with van der Waals surface area (Å²) in [7, 11) is 0. The van der Waals surface area contributed by atoms with Crippen molar-refractivity contribution in [3.05, 3.63) is 34.9 Å². The van der Waals surface area contributed by atoms with Crippen molar-refractivity contribution in [2.75, 3.05) is 6.54 Å². The van der Waals surface area contributed by atoms with Gasteiger partial charge in [-0.15, -0.1) is 0 Å². The number of hydrogen-bond acceptors (Lipinski definition) is 2. The summed E-state index contributed by atoms with van der Waals surface area (Å²) in [5.74, 6) is 0.308. The first kappa shape index (κ1) is 13.9. The molecule has 17 heavy (non-hydrogen) atoms. The molecule has 0 bridgehead atoms. The Labute approximate surface area is 104 Å². The molecule has 0 saturated heterocycles. The van der Waals surface area contributed by atoms with Crippen LogP contribution in [0.25, 0.3) is 0 Å². The van der Waals surface area contributed by atoms with Gasteiger partial charge in [0.2, 0.25) is 0 Å². The van der Waals surface area contributed by atoms with Gasteiger partial charge in [-0.05, 0) is 19.4 Å². The number of ketones is 1. The third-order valence-electron chi connectivity index (χ3n) is 2.64. The first-order valence-electron chi connectivity index (χ1n) is 6.29. The Morgan fingerprint density at radius 1 is 1.18 bits per heavy atom. The van der Waals surface area contributed by atoms with Crippen LogP contribution in [0, 0.1) is 13.8 Å². The molecule has 0 amide bonds. The van der Waals surface area contributed by atoms with Gasteiger partial charge < -0.3 is 5.32 Å². The second kappa shape index (κ2) is 6.55. The second-order valence-corrected chi connectivity index (χ2v) is 5.07. The summed E-state index contributed by atoms with van der Waals surface area (Å²) in [6, 6.07) is 6.78. The van der Waals surface area contributed by atoms with Gasteiger partial charge in [-0.1, -0.05) is 43.2 Å². The number of rotatable bonds is 6. The summed E-state index contributed by atoms with van der Waals surface area (Å²) in [4.78, 5) is 11.8. The van der Waals surface area contributed by atoms with E-state index in [1.807, 2.05) is 0 Å². The van der Waals surface area contributed by atoms with Crippen LogP contribution in [0.2, 0.25) is 0 Å². The number of Topliss-reactive ketones (excluding diaryl/α,β-unsaturated/α-hetero) is 1. The number of nitrogens with one attached hydrogen (secondary N) is 1. The highest BCUT2D eigenvalue weighted by Gasteiger charge is 2.05. The monoisotopic (exact) mass is 233 g/mol. The molecule has 0 heterocycles. The Hall–Kier alpha value is -1.15. The molecule has 0 fully saturated rings. The van der Waals surface area contributed by atoms with Crippen LogP contribution in [-0.4, -0.2) is 18.4 Å². The maximum Gasteiger partial charge on any atom is 0.138 e. The van der Waals surface area contributed by atoms with Gasteiger partial charge in [0.1, 0.15) is 5.78 Å². The third kappa shape index (κ3) is 5.64. The standard InChI is InChI=1S/C15H23NO/c1-11(2)16-6-5-15(17)10-14-8-12(3)7-13(4)9-14/h7-9,11,16H,5-6,10H2,1-4H3. The van der Waals surface area contributed by atoms with E-state index in [0.29, 0.717) is 24.7 Å². The summed E-state index contributed by atoms with van der Waals surface area (Å²) < 4.78 is 0. The molecular formula is C15H23NO. The van der Waals surface area contributed by atoms with Crippen LogP contribution in [0.3, 0.4) is 0 Å². The molecule has 1 N–H and O–H groups in total. The molecule has 0 saturated carbocycles. The molecule has 1 aromatic carbocycles. The van der Waals surface area contributed by atoms with Crippen molar-refractivity contribution in [2.45, 2.75) is 46.6 Å². The van der Waals surface area contributed by atoms with Crippen molar-refractivity contribution in [3.63, 3.8) is 0 Å². The fourth-order valence-corrected chi connectivity index (χ4v) is 1.99. The van der Waals surface area contributed by atoms with E-state index >= 15 is 0 Å². The second-order valence-electron chi connectivity index (χ2n) is 5.07. The Morgan fingerprint density at radius 2 is 1.76 bits per heavy atom. The van der Waals surface area contributed by atoms with Crippen molar-refractivity contribution >= 4 is 5.78 Å². The molecule has 0 aliphatic rings. The molecule has 0 radical (unpaired) electrons. The lowest BCUT2D eigenvalue weighted by atomic mass is 10.0. The van der Waals surface area contributed by atoms with Crippen molar-refractivity contribution in [1.29, 1.82) is 0 Å². The normalized spacial score (nSPS) is 10.9. The molecule has 0 aliphatic heterocycles. The van der Waals surface area contributed by atoms with Gasteiger partial charge in [-0.25, -0.2) is 0 Å². The van der Waals surface area contributed by atoms with Gasteiger partial charge in [0.25, 0.3) is 0 Å². The molecule has 2 nitrogen and oxygen atoms in total. The smallest absolute Gasteiger partial charge is 0.138 e. The van der Waals surface area contributed by atoms with E-state index in [0.717, 1.165) is 12.1 Å². The minimum absolute atomic E-state index is 0.308. The van der Waals surface area contributed by atoms with Gasteiger partial charge in [0.15, 0.2) is 0 Å². The number of hydrogen-bond donors (Lipinski definition) is 1. The van der Waals surface area contributed by atoms with Gasteiger partial charge in [-0.3, -0.25) is 4.79 Å². The van der Waals surface area contributed by atoms with Gasteiger partial charge in [0.05, 0.1) is 0 Å². The lowest BCUT2D eigenvalue weighted by Gasteiger charge is -2.08. The number of aryl methyl sites for hydroxylation is 2. The minimum atomic E-state index is 0.308. The number of carbonyl (C=O) groups excluding carboxylic acids is 1. The van der Waals surface area contributed by atoms with E-state index < -0.39 is 0 Å². The number of benzene rings is 1. The zero-order valence-electron chi connectivity index (χ0n) is 11.3. The van der Waals surface area contributed by atoms with Crippen LogP contribution in [-0.2, 0) is 11.2 Å². The predicted molar refractivity (Wildman–Crippen MR) is 72.4 cm³/mol. The molecular weight excluding hydrogens is 210 g/mol. The molecule has 0 aliphatic carbocycles. The van der Waals surface area contributed by atoms with Crippen molar-refractivity contribution < 1.29 is 4.79 Å². The molecule has 0 unspecified atom stereocenters. The maximum absolute atomic E-state index is 11.8. The summed E-state index contributed by atoms with van der Waals surface area (Å²) in [6.45, 7) is 9.10. The topological polar surface area (TPSA) is 29.1 Å². The maximum atomic E-state index is 11.8. The molecule has 94 valence electrons. The first-order valence-corrected chi connectivity index (χ1v) is 6.29. The van der Waals surface area contributed by atoms with E-state index in [4.69, 9.17) is 0 Å². The molecule has 1 aromatic rings. The van der Waals surface area contributed by atoms with Crippen LogP contribution in [0.15, 0.2) is 18.2 Å². The first-order chi connectivity index (χ1) is 7.97. The summed E-state index contributed by atoms with van der Waals surface area (Å²) in [6.07, 6.45) is 1.17. The highest BCUT2D eigenvalue weighted by Crippen LogP contribution is 2.10. The SMILES string of the molecule is Cc1cc(C)cc(CC(=O)CCNC(C)C)c1. The van der Waals surface area contributed by atoms with E-state index in [9.17, 15) is 4.79 Å². The van der Waals surface area contributed by atoms with E-state index in [-0.39, 0.29) is 0 Å². The van der Waals surface area contributed by atoms with Crippen LogP contribution < -0.4 is 5.32 Å². The third-order valence-corrected chi connectivity index (χ3v) is 2.64. The van der Waals surface area contributed by atoms with E-state index in [2.05, 4.69) is 51.2 Å². The van der Waals surface area contributed by atoms with Crippen molar-refractivity contribution in [2.24, 2.45) is 0 Å². The Kier molecular flexibility index (Phi) is 5.36. The number of carbonyl (C=O) groups is 1. The fraction of sp³-hybridized carbons (Fsp3) is 0.533. The zero-order valence-corrected chi connectivity index (χ0v) is 11.3. The molecule has 0 atom stereocenters. The summed E-state index contributed by atoms with van der Waals surface area (Å²) in [5.41, 5.74) is 3.60. The predicted octanol–water partition coefficient (Wildman–Crippen LogP) is 2.80.